The van der Waals surface area contributed by atoms with Crippen LogP contribution in [0.3, 0.4) is 0 Å². The van der Waals surface area contributed by atoms with Gasteiger partial charge in [-0.15, -0.1) is 0 Å². The van der Waals surface area contributed by atoms with Gasteiger partial charge in [-0.05, 0) is 43.4 Å². The molecule has 1 N–H and O–H groups in total. The topological polar surface area (TPSA) is 76.1 Å². The molecule has 1 aliphatic heterocycles. The molecule has 0 spiro atoms. The van der Waals surface area contributed by atoms with Crippen molar-refractivity contribution in [3.63, 3.8) is 0 Å². The molecule has 1 aromatic carbocycles. The van der Waals surface area contributed by atoms with Crippen LogP contribution in [0.5, 0.6) is 11.5 Å². The van der Waals surface area contributed by atoms with Crippen molar-refractivity contribution in [2.75, 3.05) is 26.3 Å². The van der Waals surface area contributed by atoms with E-state index < -0.39 is 11.9 Å². The van der Waals surface area contributed by atoms with Gasteiger partial charge in [-0.3, -0.25) is 9.59 Å². The standard InChI is InChI=1S/C20H29NO5/c1-4-8-25-17-7-6-15(11-18(17)26-9-5-2)19(22)21-12-14(3)10-16(13-21)20(23)24/h6-7,11,14,16H,4-5,8-10,12-13H2,1-3H3,(H,23,24). The molecule has 0 aromatic heterocycles. The Morgan fingerprint density at radius 1 is 1.12 bits per heavy atom. The monoisotopic (exact) mass is 363 g/mol. The highest BCUT2D eigenvalue weighted by Gasteiger charge is 2.32. The lowest BCUT2D eigenvalue weighted by Gasteiger charge is -2.34. The minimum Gasteiger partial charge on any atom is -0.490 e. The summed E-state index contributed by atoms with van der Waals surface area (Å²) in [5.41, 5.74) is 0.498. The molecule has 0 bridgehead atoms. The van der Waals surface area contributed by atoms with Crippen LogP contribution in [0.15, 0.2) is 18.2 Å². The molecular weight excluding hydrogens is 334 g/mol. The predicted octanol–water partition coefficient (Wildman–Crippen LogP) is 3.45. The van der Waals surface area contributed by atoms with Crippen LogP contribution >= 0.6 is 0 Å². The average Bonchev–Trinajstić information content (AvgIpc) is 2.63. The van der Waals surface area contributed by atoms with Gasteiger partial charge in [0, 0.05) is 18.7 Å². The molecule has 1 aromatic rings. The van der Waals surface area contributed by atoms with E-state index in [-0.39, 0.29) is 18.4 Å². The van der Waals surface area contributed by atoms with Gasteiger partial charge >= 0.3 is 5.97 Å². The minimum absolute atomic E-state index is 0.161. The fraction of sp³-hybridized carbons (Fsp3) is 0.600. The van der Waals surface area contributed by atoms with E-state index >= 15 is 0 Å². The summed E-state index contributed by atoms with van der Waals surface area (Å²) in [6, 6.07) is 5.19. The Morgan fingerprint density at radius 3 is 2.38 bits per heavy atom. The van der Waals surface area contributed by atoms with Gasteiger partial charge in [0.1, 0.15) is 0 Å². The lowest BCUT2D eigenvalue weighted by atomic mass is 9.90. The number of aliphatic carboxylic acids is 1. The third kappa shape index (κ3) is 5.13. The quantitative estimate of drug-likeness (QED) is 0.765. The van der Waals surface area contributed by atoms with Crippen molar-refractivity contribution in [3.05, 3.63) is 23.8 Å². The van der Waals surface area contributed by atoms with E-state index in [0.29, 0.717) is 43.2 Å². The molecule has 1 amide bonds. The van der Waals surface area contributed by atoms with Gasteiger partial charge < -0.3 is 19.5 Å². The van der Waals surface area contributed by atoms with Crippen LogP contribution in [0.4, 0.5) is 0 Å². The smallest absolute Gasteiger partial charge is 0.308 e. The Bertz CT molecular complexity index is 631. The van der Waals surface area contributed by atoms with Crippen LogP contribution in [-0.2, 0) is 4.79 Å². The second kappa shape index (κ2) is 9.46. The van der Waals surface area contributed by atoms with Crippen LogP contribution in [0.1, 0.15) is 50.4 Å². The first kappa shape index (κ1) is 20.1. The largest absolute Gasteiger partial charge is 0.490 e. The van der Waals surface area contributed by atoms with Gasteiger partial charge in [-0.2, -0.15) is 0 Å². The number of hydrogen-bond donors (Lipinski definition) is 1. The summed E-state index contributed by atoms with van der Waals surface area (Å²) >= 11 is 0. The number of carbonyl (C=O) groups excluding carboxylic acids is 1. The minimum atomic E-state index is -0.843. The maximum atomic E-state index is 12.9. The number of hydrogen-bond acceptors (Lipinski definition) is 4. The van der Waals surface area contributed by atoms with Crippen molar-refractivity contribution in [2.45, 2.75) is 40.0 Å². The highest BCUT2D eigenvalue weighted by Crippen LogP contribution is 2.30. The maximum absolute atomic E-state index is 12.9. The lowest BCUT2D eigenvalue weighted by Crippen LogP contribution is -2.45. The van der Waals surface area contributed by atoms with Crippen molar-refractivity contribution in [3.8, 4) is 11.5 Å². The molecule has 1 fully saturated rings. The number of piperidine rings is 1. The number of ether oxygens (including phenoxy) is 2. The Hall–Kier alpha value is -2.24. The van der Waals surface area contributed by atoms with Crippen molar-refractivity contribution in [1.29, 1.82) is 0 Å². The number of carbonyl (C=O) groups is 2. The van der Waals surface area contributed by atoms with E-state index in [2.05, 4.69) is 0 Å². The molecule has 144 valence electrons. The van der Waals surface area contributed by atoms with E-state index in [1.165, 1.54) is 0 Å². The van der Waals surface area contributed by atoms with Crippen molar-refractivity contribution in [2.24, 2.45) is 11.8 Å². The van der Waals surface area contributed by atoms with Crippen molar-refractivity contribution >= 4 is 11.9 Å². The van der Waals surface area contributed by atoms with Crippen LogP contribution in [0.25, 0.3) is 0 Å². The first-order valence-corrected chi connectivity index (χ1v) is 9.37. The normalized spacial score (nSPS) is 19.9. The third-order valence-electron chi connectivity index (χ3n) is 4.41. The maximum Gasteiger partial charge on any atom is 0.308 e. The van der Waals surface area contributed by atoms with Gasteiger partial charge in [-0.25, -0.2) is 0 Å². The van der Waals surface area contributed by atoms with E-state index in [4.69, 9.17) is 9.47 Å². The number of likely N-dealkylation sites (tertiary alicyclic amines) is 1. The molecule has 6 nitrogen and oxygen atoms in total. The number of nitrogens with zero attached hydrogens (tertiary/aromatic N) is 1. The average molecular weight is 363 g/mol. The SMILES string of the molecule is CCCOc1ccc(C(=O)N2CC(C)CC(C(=O)O)C2)cc1OCCC. The molecule has 0 saturated carbocycles. The number of amides is 1. The number of benzene rings is 1. The van der Waals surface area contributed by atoms with Gasteiger partial charge in [0.25, 0.3) is 5.91 Å². The summed E-state index contributed by atoms with van der Waals surface area (Å²) in [5.74, 6) is -0.156. The van der Waals surface area contributed by atoms with E-state index in [0.717, 1.165) is 12.8 Å². The second-order valence-electron chi connectivity index (χ2n) is 6.94. The summed E-state index contributed by atoms with van der Waals surface area (Å²) in [5, 5.41) is 9.31. The van der Waals surface area contributed by atoms with Crippen LogP contribution in [0, 0.1) is 11.8 Å². The van der Waals surface area contributed by atoms with E-state index in [1.54, 1.807) is 23.1 Å². The summed E-state index contributed by atoms with van der Waals surface area (Å²) in [6.45, 7) is 7.97. The fourth-order valence-electron chi connectivity index (χ4n) is 3.18. The molecule has 2 unspecified atom stereocenters. The highest BCUT2D eigenvalue weighted by molar-refractivity contribution is 5.95. The van der Waals surface area contributed by atoms with Crippen molar-refractivity contribution in [1.82, 2.24) is 4.90 Å². The Balaban J connectivity index is 2.20. The molecule has 2 atom stereocenters. The summed E-state index contributed by atoms with van der Waals surface area (Å²) in [7, 11) is 0. The molecule has 1 aliphatic rings. The van der Waals surface area contributed by atoms with Gasteiger partial charge in [0.2, 0.25) is 0 Å². The van der Waals surface area contributed by atoms with Crippen LogP contribution in [0.2, 0.25) is 0 Å². The molecule has 1 saturated heterocycles. The first-order chi connectivity index (χ1) is 12.5. The molecule has 0 radical (unpaired) electrons. The number of carboxylic acid groups (broad SMARTS) is 1. The zero-order chi connectivity index (χ0) is 19.1. The van der Waals surface area contributed by atoms with Gasteiger partial charge in [-0.1, -0.05) is 20.8 Å². The summed E-state index contributed by atoms with van der Waals surface area (Å²) in [6.07, 6.45) is 2.35. The Kier molecular flexibility index (Phi) is 7.30. The zero-order valence-corrected chi connectivity index (χ0v) is 15.9. The van der Waals surface area contributed by atoms with Crippen molar-refractivity contribution < 1.29 is 24.2 Å². The van der Waals surface area contributed by atoms with Gasteiger partial charge in [0.05, 0.1) is 19.1 Å². The Morgan fingerprint density at radius 2 is 1.77 bits per heavy atom. The van der Waals surface area contributed by atoms with E-state index in [9.17, 15) is 14.7 Å². The summed E-state index contributed by atoms with van der Waals surface area (Å²) < 4.78 is 11.5. The third-order valence-corrected chi connectivity index (χ3v) is 4.41. The van der Waals surface area contributed by atoms with Crippen LogP contribution < -0.4 is 9.47 Å². The number of carboxylic acids is 1. The molecule has 26 heavy (non-hydrogen) atoms. The zero-order valence-electron chi connectivity index (χ0n) is 15.9. The molecule has 2 rings (SSSR count). The van der Waals surface area contributed by atoms with E-state index in [1.807, 2.05) is 20.8 Å². The first-order valence-electron chi connectivity index (χ1n) is 9.37. The fourth-order valence-corrected chi connectivity index (χ4v) is 3.18. The predicted molar refractivity (Wildman–Crippen MR) is 98.8 cm³/mol. The molecule has 0 aliphatic carbocycles. The number of rotatable bonds is 8. The lowest BCUT2D eigenvalue weighted by molar-refractivity contribution is -0.143. The van der Waals surface area contributed by atoms with Crippen LogP contribution in [-0.4, -0.2) is 48.2 Å². The summed E-state index contributed by atoms with van der Waals surface area (Å²) in [4.78, 5) is 25.9. The molecule has 1 heterocycles. The molecular formula is C20H29NO5. The second-order valence-corrected chi connectivity index (χ2v) is 6.94. The molecule has 6 heteroatoms. The Labute approximate surface area is 155 Å². The van der Waals surface area contributed by atoms with Gasteiger partial charge in [0.15, 0.2) is 11.5 Å². The highest BCUT2D eigenvalue weighted by atomic mass is 16.5.